The Bertz CT molecular complexity index is 1010. The van der Waals surface area contributed by atoms with E-state index in [4.69, 9.17) is 10.2 Å². The lowest BCUT2D eigenvalue weighted by Gasteiger charge is -2.23. The Kier molecular flexibility index (Phi) is 5.90. The summed E-state index contributed by atoms with van der Waals surface area (Å²) in [5, 5.41) is 0. The number of rotatable bonds is 7. The van der Waals surface area contributed by atoms with E-state index in [1.54, 1.807) is 17.0 Å². The number of unbranched alkanes of at least 4 members (excludes halogenated alkanes) is 1. The first kappa shape index (κ1) is 20.4. The van der Waals surface area contributed by atoms with Crippen molar-refractivity contribution in [3.8, 4) is 0 Å². The fourth-order valence-corrected chi connectivity index (χ4v) is 3.50. The van der Waals surface area contributed by atoms with Crippen LogP contribution in [0.3, 0.4) is 0 Å². The number of aromatic amines is 1. The van der Waals surface area contributed by atoms with Gasteiger partial charge in [-0.15, -0.1) is 0 Å². The molecule has 0 spiro atoms. The summed E-state index contributed by atoms with van der Waals surface area (Å²) in [6.45, 7) is 2.81. The first-order valence-electron chi connectivity index (χ1n) is 9.53. The lowest BCUT2D eigenvalue weighted by atomic mass is 10.1. The molecule has 1 atom stereocenters. The number of anilines is 2. The van der Waals surface area contributed by atoms with Gasteiger partial charge in [0.25, 0.3) is 5.56 Å². The van der Waals surface area contributed by atoms with E-state index in [9.17, 15) is 19.2 Å². The van der Waals surface area contributed by atoms with Crippen LogP contribution in [0.2, 0.25) is 0 Å². The summed E-state index contributed by atoms with van der Waals surface area (Å²) in [6.07, 6.45) is 3.10. The molecule has 1 saturated heterocycles. The van der Waals surface area contributed by atoms with Crippen molar-refractivity contribution in [1.82, 2.24) is 14.5 Å². The minimum Gasteiger partial charge on any atom is -0.467 e. The first-order chi connectivity index (χ1) is 13.8. The fourth-order valence-electron chi connectivity index (χ4n) is 3.50. The highest BCUT2D eigenvalue weighted by Gasteiger charge is 2.37. The number of nitrogens with two attached hydrogens (primary N) is 1. The van der Waals surface area contributed by atoms with Gasteiger partial charge in [-0.1, -0.05) is 13.3 Å². The smallest absolute Gasteiger partial charge is 0.330 e. The summed E-state index contributed by atoms with van der Waals surface area (Å²) in [5.41, 5.74) is 4.65. The highest BCUT2D eigenvalue weighted by molar-refractivity contribution is 6.00. The Hall–Kier alpha value is -3.30. The Morgan fingerprint density at radius 3 is 2.79 bits per heavy atom. The third-order valence-corrected chi connectivity index (χ3v) is 5.11. The van der Waals surface area contributed by atoms with Crippen LogP contribution in [0.5, 0.6) is 0 Å². The molecule has 0 unspecified atom stereocenters. The van der Waals surface area contributed by atoms with Gasteiger partial charge in [-0.25, -0.2) is 4.79 Å². The number of hydrogen-bond donors (Lipinski definition) is 2. The molecule has 3 rings (SSSR count). The quantitative estimate of drug-likeness (QED) is 0.692. The second kappa shape index (κ2) is 8.38. The number of hydrogen-bond acceptors (Lipinski definition) is 6. The van der Waals surface area contributed by atoms with E-state index in [1.807, 2.05) is 6.92 Å². The molecule has 0 aromatic carbocycles. The van der Waals surface area contributed by atoms with Crippen LogP contribution in [0.4, 0.5) is 11.5 Å². The number of furan rings is 1. The zero-order valence-electron chi connectivity index (χ0n) is 16.5. The molecular formula is C19H25N5O5. The molecule has 2 aromatic heterocycles. The van der Waals surface area contributed by atoms with Crippen LogP contribution >= 0.6 is 0 Å². The molecule has 156 valence electrons. The summed E-state index contributed by atoms with van der Waals surface area (Å²) >= 11 is 0. The molecule has 3 N–H and O–H groups in total. The molecule has 1 aliphatic rings. The average molecular weight is 403 g/mol. The summed E-state index contributed by atoms with van der Waals surface area (Å²) in [5.74, 6) is -0.610. The molecule has 29 heavy (non-hydrogen) atoms. The molecule has 1 fully saturated rings. The summed E-state index contributed by atoms with van der Waals surface area (Å²) < 4.78 is 6.52. The Morgan fingerprint density at radius 1 is 1.38 bits per heavy atom. The minimum atomic E-state index is -0.729. The van der Waals surface area contributed by atoms with Gasteiger partial charge in [0.1, 0.15) is 11.6 Å². The van der Waals surface area contributed by atoms with Gasteiger partial charge in [0.15, 0.2) is 5.69 Å². The SMILES string of the molecule is CCCCn1c(N)c(N(C)C(=O)[C@H]2CC(=O)N(Cc3ccco3)C2)c(=O)[nH]c1=O. The molecule has 3 heterocycles. The molecule has 2 aromatic rings. The average Bonchev–Trinajstić information content (AvgIpc) is 3.31. The maximum Gasteiger partial charge on any atom is 0.330 e. The van der Waals surface area contributed by atoms with Crippen LogP contribution in [0, 0.1) is 5.92 Å². The van der Waals surface area contributed by atoms with Gasteiger partial charge in [-0.2, -0.15) is 0 Å². The van der Waals surface area contributed by atoms with Crippen molar-refractivity contribution in [2.24, 2.45) is 5.92 Å². The first-order valence-corrected chi connectivity index (χ1v) is 9.53. The van der Waals surface area contributed by atoms with E-state index < -0.39 is 23.1 Å². The zero-order valence-corrected chi connectivity index (χ0v) is 16.5. The van der Waals surface area contributed by atoms with E-state index in [0.717, 1.165) is 11.3 Å². The molecule has 1 aliphatic heterocycles. The molecule has 0 saturated carbocycles. The number of likely N-dealkylation sites (tertiary alicyclic amines) is 1. The highest BCUT2D eigenvalue weighted by atomic mass is 16.3. The van der Waals surface area contributed by atoms with Crippen LogP contribution in [-0.2, 0) is 22.7 Å². The Balaban J connectivity index is 1.81. The van der Waals surface area contributed by atoms with Crippen molar-refractivity contribution in [2.45, 2.75) is 39.3 Å². The predicted octanol–water partition coefficient (Wildman–Crippen LogP) is 0.523. The summed E-state index contributed by atoms with van der Waals surface area (Å²) in [4.78, 5) is 54.6. The number of nitrogens with zero attached hydrogens (tertiary/aromatic N) is 3. The van der Waals surface area contributed by atoms with Gasteiger partial charge in [-0.05, 0) is 18.6 Å². The van der Waals surface area contributed by atoms with E-state index >= 15 is 0 Å². The second-order valence-corrected chi connectivity index (χ2v) is 7.15. The summed E-state index contributed by atoms with van der Waals surface area (Å²) in [7, 11) is 1.43. The van der Waals surface area contributed by atoms with E-state index in [1.165, 1.54) is 17.9 Å². The fraction of sp³-hybridized carbons (Fsp3) is 0.474. The molecule has 10 nitrogen and oxygen atoms in total. The molecule has 10 heteroatoms. The second-order valence-electron chi connectivity index (χ2n) is 7.15. The summed E-state index contributed by atoms with van der Waals surface area (Å²) in [6, 6.07) is 3.49. The maximum atomic E-state index is 13.0. The van der Waals surface area contributed by atoms with Gasteiger partial charge in [0.05, 0.1) is 18.7 Å². The normalized spacial score (nSPS) is 16.4. The van der Waals surface area contributed by atoms with Crippen LogP contribution in [0.25, 0.3) is 0 Å². The third-order valence-electron chi connectivity index (χ3n) is 5.11. The maximum absolute atomic E-state index is 13.0. The van der Waals surface area contributed by atoms with Crippen molar-refractivity contribution >= 4 is 23.3 Å². The number of nitrogens with one attached hydrogen (secondary N) is 1. The van der Waals surface area contributed by atoms with Gasteiger partial charge in [0.2, 0.25) is 11.8 Å². The number of H-pyrrole nitrogens is 1. The number of aromatic nitrogens is 2. The lowest BCUT2D eigenvalue weighted by Crippen LogP contribution is -2.42. The third kappa shape index (κ3) is 4.10. The lowest BCUT2D eigenvalue weighted by molar-refractivity contribution is -0.129. The zero-order chi connectivity index (χ0) is 21.1. The van der Waals surface area contributed by atoms with Gasteiger partial charge in [0, 0.05) is 26.6 Å². The Labute approximate surface area is 166 Å². The van der Waals surface area contributed by atoms with Crippen molar-refractivity contribution in [3.63, 3.8) is 0 Å². The van der Waals surface area contributed by atoms with Crippen LogP contribution in [0.1, 0.15) is 31.9 Å². The standard InChI is InChI=1S/C19H25N5O5/c1-3-4-7-24-16(20)15(17(26)21-19(24)28)22(2)18(27)12-9-14(25)23(10-12)11-13-6-5-8-29-13/h5-6,8,12H,3-4,7,9-11,20H2,1-2H3,(H,21,26,28)/t12-/m0/s1. The van der Waals surface area contributed by atoms with Crippen molar-refractivity contribution in [2.75, 3.05) is 24.2 Å². The van der Waals surface area contributed by atoms with Crippen LogP contribution < -0.4 is 21.9 Å². The van der Waals surface area contributed by atoms with Crippen LogP contribution in [0.15, 0.2) is 32.4 Å². The number of amides is 2. The molecular weight excluding hydrogens is 378 g/mol. The van der Waals surface area contributed by atoms with Gasteiger partial charge >= 0.3 is 5.69 Å². The predicted molar refractivity (Wildman–Crippen MR) is 106 cm³/mol. The Morgan fingerprint density at radius 2 is 2.14 bits per heavy atom. The molecule has 2 amide bonds. The van der Waals surface area contributed by atoms with E-state index in [2.05, 4.69) is 4.98 Å². The largest absolute Gasteiger partial charge is 0.467 e. The highest BCUT2D eigenvalue weighted by Crippen LogP contribution is 2.25. The van der Waals surface area contributed by atoms with Gasteiger partial charge in [-0.3, -0.25) is 23.9 Å². The molecule has 0 bridgehead atoms. The topological polar surface area (TPSA) is 135 Å². The van der Waals surface area contributed by atoms with E-state index in [0.29, 0.717) is 18.7 Å². The monoisotopic (exact) mass is 403 g/mol. The molecule has 0 aliphatic carbocycles. The van der Waals surface area contributed by atoms with E-state index in [-0.39, 0.29) is 36.9 Å². The van der Waals surface area contributed by atoms with Crippen molar-refractivity contribution in [3.05, 3.63) is 45.0 Å². The number of carbonyl (C=O) groups is 2. The number of nitrogen functional groups attached to an aromatic ring is 1. The van der Waals surface area contributed by atoms with Crippen LogP contribution in [-0.4, -0.2) is 39.9 Å². The minimum absolute atomic E-state index is 0.0389. The van der Waals surface area contributed by atoms with Gasteiger partial charge < -0.3 is 20.0 Å². The van der Waals surface area contributed by atoms with Crippen molar-refractivity contribution < 1.29 is 14.0 Å². The number of carbonyl (C=O) groups excluding carboxylic acids is 2. The molecule has 0 radical (unpaired) electrons. The van der Waals surface area contributed by atoms with Crippen molar-refractivity contribution in [1.29, 1.82) is 0 Å².